The number of rotatable bonds is 3. The molecule has 5 heteroatoms. The van der Waals surface area contributed by atoms with Crippen molar-refractivity contribution in [3.63, 3.8) is 0 Å². The predicted molar refractivity (Wildman–Crippen MR) is 56.3 cm³/mol. The monoisotopic (exact) mass is 213 g/mol. The van der Waals surface area contributed by atoms with E-state index in [1.54, 1.807) is 24.3 Å². The van der Waals surface area contributed by atoms with Gasteiger partial charge in [0.25, 0.3) is 0 Å². The van der Waals surface area contributed by atoms with Gasteiger partial charge in [-0.05, 0) is 24.3 Å². The first-order valence-corrected chi connectivity index (χ1v) is 4.27. The summed E-state index contributed by atoms with van der Waals surface area (Å²) in [5, 5.41) is 28.3. The molecular weight excluding hydrogens is 206 g/mol. The number of nitrogens with zero attached hydrogens (tertiary/aromatic N) is 2. The molecule has 0 saturated carbocycles. The second-order valence-corrected chi connectivity index (χ2v) is 2.81. The minimum absolute atomic E-state index is 0.0534. The minimum Gasteiger partial charge on any atom is -0.478 e. The van der Waals surface area contributed by atoms with Gasteiger partial charge in [0.05, 0.1) is 5.56 Å². The van der Waals surface area contributed by atoms with E-state index in [9.17, 15) is 4.79 Å². The van der Waals surface area contributed by atoms with Crippen LogP contribution in [0.4, 0.5) is 5.69 Å². The largest absolute Gasteiger partial charge is 0.478 e. The fraction of sp³-hybridized carbons (Fsp3) is 0. The van der Waals surface area contributed by atoms with E-state index in [0.717, 1.165) is 0 Å². The first-order chi connectivity index (χ1) is 7.67. The number of benzene rings is 1. The molecule has 0 fully saturated rings. The first kappa shape index (κ1) is 11.3. The SMILES string of the molecule is N#CC(C#N)=CNc1ccc(C(=O)O)cc1. The molecular formula is C11H7N3O2. The van der Waals surface area contributed by atoms with Crippen LogP contribution in [0.25, 0.3) is 0 Å². The highest BCUT2D eigenvalue weighted by molar-refractivity contribution is 5.88. The van der Waals surface area contributed by atoms with Gasteiger partial charge in [0.2, 0.25) is 0 Å². The quantitative estimate of drug-likeness (QED) is 0.745. The molecule has 78 valence electrons. The fourth-order valence-electron chi connectivity index (χ4n) is 0.954. The minimum atomic E-state index is -1.00. The van der Waals surface area contributed by atoms with Crippen LogP contribution in [0.15, 0.2) is 36.0 Å². The second kappa shape index (κ2) is 5.18. The Labute approximate surface area is 91.9 Å². The molecule has 0 bridgehead atoms. The Kier molecular flexibility index (Phi) is 3.65. The number of allylic oxidation sites excluding steroid dienone is 1. The molecule has 16 heavy (non-hydrogen) atoms. The summed E-state index contributed by atoms with van der Waals surface area (Å²) in [6.07, 6.45) is 1.26. The third-order valence-corrected chi connectivity index (χ3v) is 1.76. The Morgan fingerprint density at radius 3 is 2.25 bits per heavy atom. The molecule has 0 aromatic heterocycles. The van der Waals surface area contributed by atoms with Gasteiger partial charge in [-0.2, -0.15) is 10.5 Å². The highest BCUT2D eigenvalue weighted by atomic mass is 16.4. The van der Waals surface area contributed by atoms with Crippen molar-refractivity contribution in [2.24, 2.45) is 0 Å². The number of carboxylic acids is 1. The summed E-state index contributed by atoms with van der Waals surface area (Å²) in [6, 6.07) is 9.34. The molecule has 5 nitrogen and oxygen atoms in total. The van der Waals surface area contributed by atoms with Crippen LogP contribution in [0.5, 0.6) is 0 Å². The van der Waals surface area contributed by atoms with E-state index in [0.29, 0.717) is 5.69 Å². The van der Waals surface area contributed by atoms with E-state index in [-0.39, 0.29) is 11.1 Å². The van der Waals surface area contributed by atoms with Crippen molar-refractivity contribution in [3.8, 4) is 12.1 Å². The molecule has 2 N–H and O–H groups in total. The maximum absolute atomic E-state index is 10.6. The Hall–Kier alpha value is -2.79. The number of anilines is 1. The average molecular weight is 213 g/mol. The third-order valence-electron chi connectivity index (χ3n) is 1.76. The molecule has 1 rings (SSSR count). The lowest BCUT2D eigenvalue weighted by Crippen LogP contribution is -1.96. The number of aromatic carboxylic acids is 1. The summed E-state index contributed by atoms with van der Waals surface area (Å²) < 4.78 is 0. The van der Waals surface area contributed by atoms with Crippen LogP contribution in [0.3, 0.4) is 0 Å². The van der Waals surface area contributed by atoms with Crippen molar-refractivity contribution in [3.05, 3.63) is 41.6 Å². The number of nitrogens with one attached hydrogen (secondary N) is 1. The molecule has 1 aromatic carbocycles. The van der Waals surface area contributed by atoms with Crippen LogP contribution in [-0.2, 0) is 0 Å². The Morgan fingerprint density at radius 2 is 1.81 bits per heavy atom. The van der Waals surface area contributed by atoms with Gasteiger partial charge in [-0.25, -0.2) is 4.79 Å². The number of carbonyl (C=O) groups is 1. The van der Waals surface area contributed by atoms with Crippen molar-refractivity contribution in [1.29, 1.82) is 10.5 Å². The summed E-state index contributed by atoms with van der Waals surface area (Å²) in [7, 11) is 0. The van der Waals surface area contributed by atoms with Gasteiger partial charge in [-0.3, -0.25) is 0 Å². The van der Waals surface area contributed by atoms with E-state index in [2.05, 4.69) is 5.32 Å². The number of hydrogen-bond donors (Lipinski definition) is 2. The highest BCUT2D eigenvalue weighted by Crippen LogP contribution is 2.09. The van der Waals surface area contributed by atoms with Gasteiger partial charge in [0.1, 0.15) is 17.7 Å². The van der Waals surface area contributed by atoms with Crippen molar-refractivity contribution >= 4 is 11.7 Å². The second-order valence-electron chi connectivity index (χ2n) is 2.81. The standard InChI is InChI=1S/C11H7N3O2/c12-5-8(6-13)7-14-10-3-1-9(2-4-10)11(15)16/h1-4,7,14H,(H,15,16). The molecule has 0 radical (unpaired) electrons. The van der Waals surface area contributed by atoms with Crippen LogP contribution in [-0.4, -0.2) is 11.1 Å². The summed E-state index contributed by atoms with van der Waals surface area (Å²) in [4.78, 5) is 10.6. The topological polar surface area (TPSA) is 96.9 Å². The third kappa shape index (κ3) is 2.86. The molecule has 0 heterocycles. The van der Waals surface area contributed by atoms with E-state index in [4.69, 9.17) is 15.6 Å². The molecule has 0 aliphatic rings. The number of nitriles is 2. The van der Waals surface area contributed by atoms with Crippen LogP contribution < -0.4 is 5.32 Å². The van der Waals surface area contributed by atoms with E-state index in [1.807, 2.05) is 0 Å². The predicted octanol–water partition coefficient (Wildman–Crippen LogP) is 1.73. The van der Waals surface area contributed by atoms with Crippen molar-refractivity contribution in [2.45, 2.75) is 0 Å². The van der Waals surface area contributed by atoms with Gasteiger partial charge < -0.3 is 10.4 Å². The van der Waals surface area contributed by atoms with Crippen molar-refractivity contribution < 1.29 is 9.90 Å². The van der Waals surface area contributed by atoms with Gasteiger partial charge in [-0.1, -0.05) is 0 Å². The summed E-state index contributed by atoms with van der Waals surface area (Å²) >= 11 is 0. The zero-order valence-electron chi connectivity index (χ0n) is 8.14. The van der Waals surface area contributed by atoms with Crippen molar-refractivity contribution in [2.75, 3.05) is 5.32 Å². The number of hydrogen-bond acceptors (Lipinski definition) is 4. The van der Waals surface area contributed by atoms with Crippen LogP contribution in [0.1, 0.15) is 10.4 Å². The van der Waals surface area contributed by atoms with Gasteiger partial charge in [0, 0.05) is 11.9 Å². The first-order valence-electron chi connectivity index (χ1n) is 4.27. The summed E-state index contributed by atoms with van der Waals surface area (Å²) in [6.45, 7) is 0. The van der Waals surface area contributed by atoms with Crippen LogP contribution in [0.2, 0.25) is 0 Å². The molecule has 0 aliphatic carbocycles. The molecule has 0 aliphatic heterocycles. The van der Waals surface area contributed by atoms with Gasteiger partial charge in [0.15, 0.2) is 0 Å². The average Bonchev–Trinajstić information content (AvgIpc) is 2.31. The lowest BCUT2D eigenvalue weighted by atomic mass is 10.2. The zero-order chi connectivity index (χ0) is 12.0. The number of carboxylic acid groups (broad SMARTS) is 1. The van der Waals surface area contributed by atoms with Crippen molar-refractivity contribution in [1.82, 2.24) is 0 Å². The Morgan fingerprint density at radius 1 is 1.25 bits per heavy atom. The lowest BCUT2D eigenvalue weighted by Gasteiger charge is -2.00. The fourth-order valence-corrected chi connectivity index (χ4v) is 0.954. The smallest absolute Gasteiger partial charge is 0.335 e. The molecule has 0 atom stereocenters. The maximum Gasteiger partial charge on any atom is 0.335 e. The molecule has 0 saturated heterocycles. The van der Waals surface area contributed by atoms with Gasteiger partial charge >= 0.3 is 5.97 Å². The normalized spacial score (nSPS) is 8.38. The Balaban J connectivity index is 2.78. The molecule has 1 aromatic rings. The van der Waals surface area contributed by atoms with Crippen LogP contribution in [0, 0.1) is 22.7 Å². The Bertz CT molecular complexity index is 488. The van der Waals surface area contributed by atoms with E-state index in [1.165, 1.54) is 18.3 Å². The highest BCUT2D eigenvalue weighted by Gasteiger charge is 2.00. The molecule has 0 unspecified atom stereocenters. The zero-order valence-corrected chi connectivity index (χ0v) is 8.14. The molecule has 0 spiro atoms. The molecule has 0 amide bonds. The summed E-state index contributed by atoms with van der Waals surface area (Å²) in [5.41, 5.74) is 0.727. The maximum atomic E-state index is 10.6. The summed E-state index contributed by atoms with van der Waals surface area (Å²) in [5.74, 6) is -1.00. The lowest BCUT2D eigenvalue weighted by molar-refractivity contribution is 0.0697. The van der Waals surface area contributed by atoms with E-state index >= 15 is 0 Å². The van der Waals surface area contributed by atoms with Crippen LogP contribution >= 0.6 is 0 Å². The van der Waals surface area contributed by atoms with E-state index < -0.39 is 5.97 Å². The van der Waals surface area contributed by atoms with Gasteiger partial charge in [-0.15, -0.1) is 0 Å².